The minimum Gasteiger partial charge on any atom is -1.00 e. The van der Waals surface area contributed by atoms with E-state index in [4.69, 9.17) is 9.11 Å². The van der Waals surface area contributed by atoms with E-state index in [1.807, 2.05) is 0 Å². The van der Waals surface area contributed by atoms with Crippen LogP contribution < -0.4 is 59.1 Å². The topological polar surface area (TPSA) is 109 Å². The molecular weight excluding hydrogens is 422 g/mol. The van der Waals surface area contributed by atoms with E-state index >= 15 is 0 Å². The molecule has 0 aromatic carbocycles. The molecule has 28 heavy (non-hydrogen) atoms. The molecular formula is C18H40Na2O6S2. The summed E-state index contributed by atoms with van der Waals surface area (Å²) in [5, 5.41) is -1.44. The molecule has 1 unspecified atom stereocenters. The Labute approximate surface area is 220 Å². The second-order valence-corrected chi connectivity index (χ2v) is 10.5. The van der Waals surface area contributed by atoms with Gasteiger partial charge in [0.05, 0.1) is 5.75 Å². The molecule has 0 aliphatic carbocycles. The van der Waals surface area contributed by atoms with Crippen LogP contribution in [0, 0.1) is 0 Å². The molecule has 0 rings (SSSR count). The third kappa shape index (κ3) is 24.1. The molecule has 6 nitrogen and oxygen atoms in total. The summed E-state index contributed by atoms with van der Waals surface area (Å²) >= 11 is 0. The fourth-order valence-electron chi connectivity index (χ4n) is 3.12. The summed E-state index contributed by atoms with van der Waals surface area (Å²) < 4.78 is 61.7. The molecule has 0 amide bonds. The number of rotatable bonds is 18. The van der Waals surface area contributed by atoms with Crippen LogP contribution in [0.2, 0.25) is 0 Å². The van der Waals surface area contributed by atoms with Crippen LogP contribution in [0.3, 0.4) is 0 Å². The van der Waals surface area contributed by atoms with E-state index in [0.29, 0.717) is 6.42 Å². The zero-order valence-electron chi connectivity index (χ0n) is 20.2. The van der Waals surface area contributed by atoms with Crippen LogP contribution in [0.4, 0.5) is 0 Å². The summed E-state index contributed by atoms with van der Waals surface area (Å²) in [7, 11) is -8.87. The average Bonchev–Trinajstić information content (AvgIpc) is 2.52. The normalized spacial score (nSPS) is 12.8. The van der Waals surface area contributed by atoms with Crippen molar-refractivity contribution >= 4 is 20.2 Å². The fourth-order valence-corrected chi connectivity index (χ4v) is 5.42. The van der Waals surface area contributed by atoms with Gasteiger partial charge in [0.25, 0.3) is 20.2 Å². The molecule has 0 spiro atoms. The van der Waals surface area contributed by atoms with Crippen molar-refractivity contribution in [1.82, 2.24) is 0 Å². The van der Waals surface area contributed by atoms with Gasteiger partial charge < -0.3 is 2.85 Å². The largest absolute Gasteiger partial charge is 1.00 e. The van der Waals surface area contributed by atoms with Gasteiger partial charge in [-0.05, 0) is 6.42 Å². The van der Waals surface area contributed by atoms with Crippen molar-refractivity contribution in [3.05, 3.63) is 0 Å². The Balaban J connectivity index is -0.000000521. The van der Waals surface area contributed by atoms with Gasteiger partial charge in [0.15, 0.2) is 0 Å². The van der Waals surface area contributed by atoms with Crippen LogP contribution >= 0.6 is 0 Å². The maximum absolute atomic E-state index is 11.2. The first-order chi connectivity index (χ1) is 12.2. The Morgan fingerprint density at radius 1 is 0.643 bits per heavy atom. The third-order valence-electron chi connectivity index (χ3n) is 4.70. The van der Waals surface area contributed by atoms with E-state index in [-0.39, 0.29) is 68.4 Å². The van der Waals surface area contributed by atoms with Gasteiger partial charge in [-0.2, -0.15) is 16.8 Å². The van der Waals surface area contributed by atoms with Crippen molar-refractivity contribution in [2.24, 2.45) is 0 Å². The molecule has 2 N–H and O–H groups in total. The maximum atomic E-state index is 11.2. The number of hydrogen-bond donors (Lipinski definition) is 2. The van der Waals surface area contributed by atoms with Crippen molar-refractivity contribution in [1.29, 1.82) is 0 Å². The molecule has 0 radical (unpaired) electrons. The zero-order chi connectivity index (χ0) is 19.9. The Bertz CT molecular complexity index is 549. The van der Waals surface area contributed by atoms with Crippen LogP contribution in [0.15, 0.2) is 0 Å². The first-order valence-corrected chi connectivity index (χ1v) is 13.2. The van der Waals surface area contributed by atoms with Gasteiger partial charge in [-0.1, -0.05) is 96.8 Å². The van der Waals surface area contributed by atoms with Crippen LogP contribution in [-0.4, -0.2) is 36.9 Å². The predicted octanol–water partition coefficient (Wildman–Crippen LogP) is -0.765. The summed E-state index contributed by atoms with van der Waals surface area (Å²) in [6.45, 7) is 2.23. The van der Waals surface area contributed by atoms with Gasteiger partial charge in [-0.15, -0.1) is 0 Å². The summed E-state index contributed by atoms with van der Waals surface area (Å²) in [5.74, 6) is -0.940. The van der Waals surface area contributed by atoms with E-state index in [2.05, 4.69) is 6.92 Å². The van der Waals surface area contributed by atoms with E-state index in [0.717, 1.165) is 19.3 Å². The molecule has 162 valence electrons. The summed E-state index contributed by atoms with van der Waals surface area (Å²) in [4.78, 5) is 0. The second-order valence-electron chi connectivity index (χ2n) is 7.27. The molecule has 0 aromatic heterocycles. The number of unbranched alkanes of at least 4 members (excludes halogenated alkanes) is 13. The van der Waals surface area contributed by atoms with Gasteiger partial charge in [0, 0.05) is 0 Å². The molecule has 0 aliphatic rings. The summed E-state index contributed by atoms with van der Waals surface area (Å²) in [5.41, 5.74) is 0. The Kier molecular flexibility index (Phi) is 25.5. The van der Waals surface area contributed by atoms with Crippen molar-refractivity contribution in [2.75, 3.05) is 5.75 Å². The van der Waals surface area contributed by atoms with Crippen molar-refractivity contribution < 1.29 is 87.9 Å². The van der Waals surface area contributed by atoms with E-state index in [9.17, 15) is 16.8 Å². The Hall–Kier alpha value is 1.82. The van der Waals surface area contributed by atoms with E-state index in [1.165, 1.54) is 64.2 Å². The van der Waals surface area contributed by atoms with E-state index < -0.39 is 31.2 Å². The first kappa shape index (κ1) is 34.4. The van der Waals surface area contributed by atoms with Crippen molar-refractivity contribution in [3.8, 4) is 0 Å². The average molecular weight is 463 g/mol. The van der Waals surface area contributed by atoms with Crippen LogP contribution in [0.1, 0.15) is 106 Å². The van der Waals surface area contributed by atoms with Crippen molar-refractivity contribution in [2.45, 2.75) is 108 Å². The van der Waals surface area contributed by atoms with Gasteiger partial charge >= 0.3 is 59.1 Å². The second kappa shape index (κ2) is 20.7. The summed E-state index contributed by atoms with van der Waals surface area (Å²) in [6, 6.07) is 0. The predicted molar refractivity (Wildman–Crippen MR) is 109 cm³/mol. The molecule has 0 saturated heterocycles. The molecule has 10 heteroatoms. The Morgan fingerprint density at radius 2 is 0.964 bits per heavy atom. The molecule has 1 atom stereocenters. The van der Waals surface area contributed by atoms with Crippen molar-refractivity contribution in [3.63, 3.8) is 0 Å². The minimum absolute atomic E-state index is 0. The van der Waals surface area contributed by atoms with Gasteiger partial charge in [-0.3, -0.25) is 9.11 Å². The summed E-state index contributed by atoms with van der Waals surface area (Å²) in [6.07, 6.45) is 16.4. The van der Waals surface area contributed by atoms with Gasteiger partial charge in [0.1, 0.15) is 5.25 Å². The standard InChI is InChI=1S/C18H38O6S2.2Na.2H/c1-2-3-4-5-6-7-8-9-10-11-12-13-14-15-16-18(26(22,23)24)17-25(19,20)21;;;;/h18H,2-17H2,1H3,(H,19,20,21)(H,22,23,24);;;;/q;2*+1;2*-1. The van der Waals surface area contributed by atoms with Gasteiger partial charge in [-0.25, -0.2) is 0 Å². The molecule has 0 fully saturated rings. The monoisotopic (exact) mass is 462 g/mol. The zero-order valence-corrected chi connectivity index (χ0v) is 23.9. The van der Waals surface area contributed by atoms with Crippen LogP contribution in [-0.2, 0) is 20.2 Å². The number of hydrogen-bond acceptors (Lipinski definition) is 4. The fraction of sp³-hybridized carbons (Fsp3) is 1.00. The third-order valence-corrected chi connectivity index (χ3v) is 6.98. The van der Waals surface area contributed by atoms with Crippen LogP contribution in [0.25, 0.3) is 0 Å². The van der Waals surface area contributed by atoms with Crippen LogP contribution in [0.5, 0.6) is 0 Å². The SMILES string of the molecule is CCCCCCCCCCCCCCCCC(CS(=O)(=O)O)S(=O)(=O)O.[H-].[H-].[Na+].[Na+]. The first-order valence-electron chi connectivity index (χ1n) is 10.1. The van der Waals surface area contributed by atoms with E-state index in [1.54, 1.807) is 0 Å². The molecule has 0 bridgehead atoms. The molecule has 0 aliphatic heterocycles. The van der Waals surface area contributed by atoms with Gasteiger partial charge in [0.2, 0.25) is 0 Å². The quantitative estimate of drug-likeness (QED) is 0.157. The molecule has 0 saturated carbocycles. The smallest absolute Gasteiger partial charge is 1.00 e. The minimum atomic E-state index is -4.46. The Morgan fingerprint density at radius 3 is 1.25 bits per heavy atom. The molecule has 0 heterocycles. The molecule has 0 aromatic rings. The maximum Gasteiger partial charge on any atom is 1.00 e.